The minimum Gasteiger partial charge on any atom is -0.324 e. The number of carbonyl (C=O) groups is 2. The molecule has 1 amide bonds. The highest BCUT2D eigenvalue weighted by atomic mass is 16.2. The number of Topliss-reactive ketones (excluding diaryl/α,β-unsaturated/α-hetero) is 1. The predicted molar refractivity (Wildman–Crippen MR) is 111 cm³/mol. The minimum atomic E-state index is -0.580. The van der Waals surface area contributed by atoms with E-state index in [0.717, 1.165) is 17.7 Å². The number of pyridine rings is 2. The van der Waals surface area contributed by atoms with E-state index in [-0.39, 0.29) is 17.1 Å². The number of ketones is 1. The Hall–Kier alpha value is -3.15. The van der Waals surface area contributed by atoms with Gasteiger partial charge in [-0.2, -0.15) is 0 Å². The second-order valence-electron chi connectivity index (χ2n) is 8.53. The molecule has 0 saturated heterocycles. The smallest absolute Gasteiger partial charge is 0.234 e. The van der Waals surface area contributed by atoms with Crippen LogP contribution in [0.5, 0.6) is 0 Å². The highest BCUT2D eigenvalue weighted by Gasteiger charge is 2.45. The first-order valence-corrected chi connectivity index (χ1v) is 9.78. The van der Waals surface area contributed by atoms with E-state index >= 15 is 0 Å². The van der Waals surface area contributed by atoms with E-state index < -0.39 is 11.8 Å². The van der Waals surface area contributed by atoms with Gasteiger partial charge in [0.25, 0.3) is 0 Å². The van der Waals surface area contributed by atoms with Crippen molar-refractivity contribution in [1.82, 2.24) is 9.97 Å². The van der Waals surface area contributed by atoms with Crippen molar-refractivity contribution in [3.05, 3.63) is 65.9 Å². The molecule has 0 spiro atoms. The Bertz CT molecular complexity index is 1010. The van der Waals surface area contributed by atoms with E-state index in [2.05, 4.69) is 29.1 Å². The van der Waals surface area contributed by atoms with Gasteiger partial charge in [-0.05, 0) is 42.5 Å². The Morgan fingerprint density at radius 1 is 1.10 bits per heavy atom. The Labute approximate surface area is 170 Å². The Balaban J connectivity index is 1.79. The second kappa shape index (κ2) is 7.35. The molecule has 0 saturated carbocycles. The summed E-state index contributed by atoms with van der Waals surface area (Å²) in [6.45, 7) is 6.03. The number of allylic oxidation sites excluding steroid dienone is 2. The van der Waals surface area contributed by atoms with Crippen molar-refractivity contribution < 1.29 is 9.59 Å². The summed E-state index contributed by atoms with van der Waals surface area (Å²) in [5.41, 5.74) is 3.52. The Kier molecular flexibility index (Phi) is 4.86. The fourth-order valence-corrected chi connectivity index (χ4v) is 4.36. The lowest BCUT2D eigenvalue weighted by Crippen LogP contribution is -2.41. The first-order valence-electron chi connectivity index (χ1n) is 9.78. The summed E-state index contributed by atoms with van der Waals surface area (Å²) in [6.07, 6.45) is 7.86. The lowest BCUT2D eigenvalue weighted by Gasteiger charge is -2.39. The van der Waals surface area contributed by atoms with Crippen LogP contribution < -0.4 is 5.32 Å². The molecule has 0 fully saturated rings. The second-order valence-corrected chi connectivity index (χ2v) is 8.53. The monoisotopic (exact) mass is 388 g/mol. The molecule has 2 aromatic rings. The van der Waals surface area contributed by atoms with Crippen molar-refractivity contribution in [2.75, 3.05) is 5.32 Å². The first-order chi connectivity index (χ1) is 13.9. The van der Waals surface area contributed by atoms with Gasteiger partial charge >= 0.3 is 0 Å². The van der Waals surface area contributed by atoms with Crippen molar-refractivity contribution in [2.24, 2.45) is 16.3 Å². The maximum absolute atomic E-state index is 13.3. The molecule has 1 aliphatic heterocycles. The van der Waals surface area contributed by atoms with Gasteiger partial charge in [0.2, 0.25) is 5.91 Å². The Morgan fingerprint density at radius 2 is 1.83 bits per heavy atom. The molecule has 1 aliphatic carbocycles. The largest absolute Gasteiger partial charge is 0.324 e. The zero-order chi connectivity index (χ0) is 20.6. The quantitative estimate of drug-likeness (QED) is 0.863. The highest BCUT2D eigenvalue weighted by Crippen LogP contribution is 2.47. The van der Waals surface area contributed by atoms with Crippen molar-refractivity contribution in [1.29, 1.82) is 0 Å². The lowest BCUT2D eigenvalue weighted by molar-refractivity contribution is -0.119. The van der Waals surface area contributed by atoms with Crippen molar-refractivity contribution in [2.45, 2.75) is 39.5 Å². The fourth-order valence-electron chi connectivity index (χ4n) is 4.36. The van der Waals surface area contributed by atoms with Gasteiger partial charge in [-0.15, -0.1) is 0 Å². The zero-order valence-electron chi connectivity index (χ0n) is 16.8. The summed E-state index contributed by atoms with van der Waals surface area (Å²) >= 11 is 0. The summed E-state index contributed by atoms with van der Waals surface area (Å²) in [5.74, 6) is -1.10. The summed E-state index contributed by atoms with van der Waals surface area (Å²) in [7, 11) is 0. The molecule has 4 rings (SSSR count). The van der Waals surface area contributed by atoms with E-state index in [1.807, 2.05) is 19.1 Å². The molecule has 3 heterocycles. The summed E-state index contributed by atoms with van der Waals surface area (Å²) < 4.78 is 0. The number of nitrogens with zero attached hydrogens (tertiary/aromatic N) is 3. The molecule has 0 aromatic carbocycles. The van der Waals surface area contributed by atoms with Crippen molar-refractivity contribution in [3.8, 4) is 0 Å². The number of rotatable bonds is 3. The number of nitrogens with one attached hydrogen (secondary N) is 1. The maximum atomic E-state index is 13.3. The fraction of sp³-hybridized carbons (Fsp3) is 0.348. The summed E-state index contributed by atoms with van der Waals surface area (Å²) in [4.78, 5) is 39.5. The molecule has 6 heteroatoms. The molecular weight excluding hydrogens is 364 g/mol. The van der Waals surface area contributed by atoms with Gasteiger partial charge in [-0.25, -0.2) is 0 Å². The molecular formula is C23H24N4O2. The van der Waals surface area contributed by atoms with Crippen LogP contribution in [-0.2, 0) is 9.59 Å². The Morgan fingerprint density at radius 3 is 2.48 bits per heavy atom. The molecule has 148 valence electrons. The van der Waals surface area contributed by atoms with Gasteiger partial charge in [-0.1, -0.05) is 19.9 Å². The standard InChI is InChI=1S/C23H24N4O2/c1-14-19(22(29)27-16-7-5-9-25-13-16)20(15-6-4-8-24-12-15)21-17(26-14)10-23(2,3)11-18(21)28/h4-9,12-13,19-20H,10-11H2,1-3H3,(H,27,29). The molecule has 2 atom stereocenters. The summed E-state index contributed by atoms with van der Waals surface area (Å²) in [5, 5.41) is 2.93. The van der Waals surface area contributed by atoms with E-state index in [1.165, 1.54) is 0 Å². The average Bonchev–Trinajstić information content (AvgIpc) is 2.67. The number of aromatic nitrogens is 2. The van der Waals surface area contributed by atoms with E-state index in [9.17, 15) is 9.59 Å². The number of hydrogen-bond donors (Lipinski definition) is 1. The van der Waals surface area contributed by atoms with E-state index in [4.69, 9.17) is 4.99 Å². The highest BCUT2D eigenvalue weighted by molar-refractivity contribution is 6.13. The van der Waals surface area contributed by atoms with Gasteiger partial charge in [0.05, 0.1) is 17.8 Å². The molecule has 6 nitrogen and oxygen atoms in total. The van der Waals surface area contributed by atoms with Gasteiger partial charge in [0.15, 0.2) is 5.78 Å². The maximum Gasteiger partial charge on any atom is 0.234 e. The molecule has 2 unspecified atom stereocenters. The third kappa shape index (κ3) is 3.75. The van der Waals surface area contributed by atoms with Crippen LogP contribution >= 0.6 is 0 Å². The number of hydrogen-bond acceptors (Lipinski definition) is 5. The zero-order valence-corrected chi connectivity index (χ0v) is 16.8. The SMILES string of the molecule is CC1=NC2=C(C(=O)CC(C)(C)C2)C(c2cccnc2)C1C(=O)Nc1cccnc1. The van der Waals surface area contributed by atoms with Gasteiger partial charge < -0.3 is 5.32 Å². The van der Waals surface area contributed by atoms with Gasteiger partial charge in [0, 0.05) is 47.9 Å². The van der Waals surface area contributed by atoms with Crippen LogP contribution in [0.2, 0.25) is 0 Å². The van der Waals surface area contributed by atoms with Crippen LogP contribution in [0.25, 0.3) is 0 Å². The van der Waals surface area contributed by atoms with Crippen LogP contribution in [0.15, 0.2) is 65.3 Å². The summed E-state index contributed by atoms with van der Waals surface area (Å²) in [6, 6.07) is 7.32. The van der Waals surface area contributed by atoms with Crippen LogP contribution in [-0.4, -0.2) is 27.4 Å². The topological polar surface area (TPSA) is 84.3 Å². The molecule has 0 radical (unpaired) electrons. The van der Waals surface area contributed by atoms with Crippen molar-refractivity contribution in [3.63, 3.8) is 0 Å². The van der Waals surface area contributed by atoms with Gasteiger partial charge in [-0.3, -0.25) is 24.5 Å². The molecule has 2 aromatic heterocycles. The van der Waals surface area contributed by atoms with Crippen LogP contribution in [0.4, 0.5) is 5.69 Å². The van der Waals surface area contributed by atoms with Crippen molar-refractivity contribution >= 4 is 23.1 Å². The molecule has 2 aliphatic rings. The van der Waals surface area contributed by atoms with E-state index in [1.54, 1.807) is 36.9 Å². The average molecular weight is 388 g/mol. The third-order valence-corrected chi connectivity index (χ3v) is 5.56. The van der Waals surface area contributed by atoms with E-state index in [0.29, 0.717) is 23.4 Å². The lowest BCUT2D eigenvalue weighted by atomic mass is 9.67. The van der Waals surface area contributed by atoms with Crippen LogP contribution in [0.3, 0.4) is 0 Å². The minimum absolute atomic E-state index is 0.0699. The number of anilines is 1. The van der Waals surface area contributed by atoms with Gasteiger partial charge in [0.1, 0.15) is 0 Å². The normalized spacial score (nSPS) is 23.3. The molecule has 0 bridgehead atoms. The number of amides is 1. The number of carbonyl (C=O) groups excluding carboxylic acids is 2. The predicted octanol–water partition coefficient (Wildman–Crippen LogP) is 3.93. The number of aliphatic imine (C=N–C) groups is 1. The van der Waals surface area contributed by atoms with Crippen LogP contribution in [0.1, 0.15) is 45.1 Å². The first kappa shape index (κ1) is 19.2. The molecule has 1 N–H and O–H groups in total. The molecule has 29 heavy (non-hydrogen) atoms. The third-order valence-electron chi connectivity index (χ3n) is 5.56. The van der Waals surface area contributed by atoms with Crippen LogP contribution in [0, 0.1) is 11.3 Å².